The summed E-state index contributed by atoms with van der Waals surface area (Å²) in [5, 5.41) is 5.89. The first-order chi connectivity index (χ1) is 11.7. The summed E-state index contributed by atoms with van der Waals surface area (Å²) in [7, 11) is 0. The fourth-order valence-electron chi connectivity index (χ4n) is 2.08. The van der Waals surface area contributed by atoms with E-state index in [-0.39, 0.29) is 5.91 Å². The van der Waals surface area contributed by atoms with Gasteiger partial charge in [-0.15, -0.1) is 0 Å². The third-order valence-electron chi connectivity index (χ3n) is 3.23. The third kappa shape index (κ3) is 4.07. The zero-order valence-corrected chi connectivity index (χ0v) is 13.1. The molecule has 0 spiro atoms. The van der Waals surface area contributed by atoms with Gasteiger partial charge in [-0.3, -0.25) is 4.79 Å². The molecular formula is C18H16N4O2. The van der Waals surface area contributed by atoms with Gasteiger partial charge in [0.1, 0.15) is 5.76 Å². The topological polar surface area (TPSA) is 80.0 Å². The van der Waals surface area contributed by atoms with Crippen LogP contribution in [0.5, 0.6) is 0 Å². The smallest absolute Gasteiger partial charge is 0.248 e. The van der Waals surface area contributed by atoms with Gasteiger partial charge >= 0.3 is 0 Å². The lowest BCUT2D eigenvalue weighted by Gasteiger charge is -2.06. The number of carbonyl (C=O) groups is 1. The fraction of sp³-hybridized carbons (Fsp3) is 0.0556. The van der Waals surface area contributed by atoms with E-state index in [1.165, 1.54) is 6.08 Å². The first kappa shape index (κ1) is 15.5. The number of hydrogen-bond acceptors (Lipinski definition) is 5. The number of allylic oxidation sites excluding steroid dienone is 1. The van der Waals surface area contributed by atoms with E-state index in [2.05, 4.69) is 20.6 Å². The van der Waals surface area contributed by atoms with Crippen molar-refractivity contribution in [2.75, 3.05) is 10.6 Å². The predicted octanol–water partition coefficient (Wildman–Crippen LogP) is 3.86. The molecule has 0 atom stereocenters. The van der Waals surface area contributed by atoms with Gasteiger partial charge in [0.15, 0.2) is 0 Å². The summed E-state index contributed by atoms with van der Waals surface area (Å²) in [5.41, 5.74) is 2.29. The van der Waals surface area contributed by atoms with Gasteiger partial charge in [0.25, 0.3) is 0 Å². The number of benzene rings is 1. The molecule has 1 amide bonds. The molecule has 6 nitrogen and oxygen atoms in total. The highest BCUT2D eigenvalue weighted by Crippen LogP contribution is 2.17. The first-order valence-corrected chi connectivity index (χ1v) is 7.38. The minimum absolute atomic E-state index is 0.212. The Labute approximate surface area is 139 Å². The zero-order valence-electron chi connectivity index (χ0n) is 13.1. The maximum Gasteiger partial charge on any atom is 0.248 e. The lowest BCUT2D eigenvalue weighted by Crippen LogP contribution is -2.08. The molecule has 0 saturated heterocycles. The second kappa shape index (κ2) is 7.23. The number of furan rings is 1. The van der Waals surface area contributed by atoms with E-state index < -0.39 is 0 Å². The Balaban J connectivity index is 1.62. The van der Waals surface area contributed by atoms with Crippen LogP contribution in [0.1, 0.15) is 12.7 Å². The van der Waals surface area contributed by atoms with Gasteiger partial charge in [0.05, 0.1) is 6.26 Å². The van der Waals surface area contributed by atoms with Crippen LogP contribution in [0.3, 0.4) is 0 Å². The summed E-state index contributed by atoms with van der Waals surface area (Å²) in [6.45, 7) is 1.82. The molecule has 6 heteroatoms. The molecule has 0 aliphatic carbocycles. The molecule has 0 radical (unpaired) electrons. The van der Waals surface area contributed by atoms with Crippen LogP contribution in [0.4, 0.5) is 17.3 Å². The monoisotopic (exact) mass is 320 g/mol. The lowest BCUT2D eigenvalue weighted by atomic mass is 10.2. The average molecular weight is 320 g/mol. The third-order valence-corrected chi connectivity index (χ3v) is 3.23. The predicted molar refractivity (Wildman–Crippen MR) is 92.7 cm³/mol. The Morgan fingerprint density at radius 3 is 2.42 bits per heavy atom. The second-order valence-electron chi connectivity index (χ2n) is 5.07. The Hall–Kier alpha value is -3.41. The number of nitrogens with zero attached hydrogens (tertiary/aromatic N) is 2. The summed E-state index contributed by atoms with van der Waals surface area (Å²) in [6.07, 6.45) is 6.41. The average Bonchev–Trinajstić information content (AvgIpc) is 3.12. The van der Waals surface area contributed by atoms with Gasteiger partial charge in [0.2, 0.25) is 11.9 Å². The lowest BCUT2D eigenvalue weighted by molar-refractivity contribution is -0.111. The van der Waals surface area contributed by atoms with Crippen LogP contribution in [-0.4, -0.2) is 15.9 Å². The van der Waals surface area contributed by atoms with Crippen molar-refractivity contribution in [2.45, 2.75) is 6.92 Å². The summed E-state index contributed by atoms with van der Waals surface area (Å²) < 4.78 is 5.25. The molecule has 0 unspecified atom stereocenters. The highest BCUT2D eigenvalue weighted by Gasteiger charge is 2.04. The van der Waals surface area contributed by atoms with Gasteiger partial charge in [0, 0.05) is 29.8 Å². The normalized spacial score (nSPS) is 11.1. The van der Waals surface area contributed by atoms with Crippen LogP contribution in [0.25, 0.3) is 5.57 Å². The molecule has 1 aromatic carbocycles. The van der Waals surface area contributed by atoms with Crippen molar-refractivity contribution in [3.63, 3.8) is 0 Å². The van der Waals surface area contributed by atoms with E-state index in [1.54, 1.807) is 42.9 Å². The number of amides is 1. The largest absolute Gasteiger partial charge is 0.465 e. The Bertz CT molecular complexity index is 825. The van der Waals surface area contributed by atoms with Crippen LogP contribution < -0.4 is 10.6 Å². The standard InChI is InChI=1S/C18H16N4O2/c1-13(16-4-2-11-24-16)12-17(23)21-14-5-7-15(8-6-14)22-18-19-9-3-10-20-18/h2-12H,1H3,(H,21,23)(H,19,20,22)/b13-12+. The van der Waals surface area contributed by atoms with Crippen LogP contribution in [0, 0.1) is 0 Å². The van der Waals surface area contributed by atoms with Gasteiger partial charge in [-0.1, -0.05) is 0 Å². The van der Waals surface area contributed by atoms with E-state index in [1.807, 2.05) is 25.1 Å². The number of carbonyl (C=O) groups excluding carboxylic acids is 1. The van der Waals surface area contributed by atoms with Crippen molar-refractivity contribution in [3.05, 3.63) is 73.0 Å². The summed E-state index contributed by atoms with van der Waals surface area (Å²) in [4.78, 5) is 20.2. The van der Waals surface area contributed by atoms with Crippen molar-refractivity contribution < 1.29 is 9.21 Å². The number of nitrogens with one attached hydrogen (secondary N) is 2. The zero-order chi connectivity index (χ0) is 16.8. The molecule has 2 aromatic heterocycles. The van der Waals surface area contributed by atoms with E-state index in [0.29, 0.717) is 17.4 Å². The molecule has 2 heterocycles. The molecule has 3 aromatic rings. The van der Waals surface area contributed by atoms with Crippen molar-refractivity contribution in [3.8, 4) is 0 Å². The number of rotatable bonds is 5. The van der Waals surface area contributed by atoms with Gasteiger partial charge in [-0.2, -0.15) is 0 Å². The van der Waals surface area contributed by atoms with Crippen LogP contribution in [0.2, 0.25) is 0 Å². The van der Waals surface area contributed by atoms with Gasteiger partial charge in [-0.05, 0) is 55.0 Å². The number of anilines is 3. The minimum Gasteiger partial charge on any atom is -0.465 e. The van der Waals surface area contributed by atoms with Crippen molar-refractivity contribution in [2.24, 2.45) is 0 Å². The summed E-state index contributed by atoms with van der Waals surface area (Å²) in [5.74, 6) is 0.981. The highest BCUT2D eigenvalue weighted by molar-refractivity contribution is 6.03. The SMILES string of the molecule is C/C(=C\C(=O)Nc1ccc(Nc2ncccn2)cc1)c1ccco1. The van der Waals surface area contributed by atoms with Crippen LogP contribution in [-0.2, 0) is 4.79 Å². The molecule has 3 rings (SSSR count). The molecule has 120 valence electrons. The second-order valence-corrected chi connectivity index (χ2v) is 5.07. The van der Waals surface area contributed by atoms with E-state index in [0.717, 1.165) is 11.3 Å². The molecule has 2 N–H and O–H groups in total. The number of aromatic nitrogens is 2. The maximum absolute atomic E-state index is 12.0. The fourth-order valence-corrected chi connectivity index (χ4v) is 2.08. The molecule has 0 bridgehead atoms. The van der Waals surface area contributed by atoms with Crippen molar-refractivity contribution >= 4 is 28.8 Å². The molecular weight excluding hydrogens is 304 g/mol. The van der Waals surface area contributed by atoms with E-state index >= 15 is 0 Å². The van der Waals surface area contributed by atoms with E-state index in [4.69, 9.17) is 4.42 Å². The van der Waals surface area contributed by atoms with E-state index in [9.17, 15) is 4.79 Å². The van der Waals surface area contributed by atoms with Crippen LogP contribution >= 0.6 is 0 Å². The Morgan fingerprint density at radius 2 is 1.75 bits per heavy atom. The maximum atomic E-state index is 12.0. The molecule has 0 fully saturated rings. The highest BCUT2D eigenvalue weighted by atomic mass is 16.3. The van der Waals surface area contributed by atoms with Gasteiger partial charge in [-0.25, -0.2) is 9.97 Å². The van der Waals surface area contributed by atoms with Crippen molar-refractivity contribution in [1.82, 2.24) is 9.97 Å². The summed E-state index contributed by atoms with van der Waals surface area (Å²) >= 11 is 0. The van der Waals surface area contributed by atoms with Gasteiger partial charge < -0.3 is 15.1 Å². The Kier molecular flexibility index (Phi) is 4.67. The molecule has 24 heavy (non-hydrogen) atoms. The van der Waals surface area contributed by atoms with Crippen molar-refractivity contribution in [1.29, 1.82) is 0 Å². The molecule has 0 saturated carbocycles. The Morgan fingerprint density at radius 1 is 1.04 bits per heavy atom. The minimum atomic E-state index is -0.212. The molecule has 0 aliphatic rings. The van der Waals surface area contributed by atoms with Crippen LogP contribution in [0.15, 0.2) is 71.6 Å². The first-order valence-electron chi connectivity index (χ1n) is 7.38. The summed E-state index contributed by atoms with van der Waals surface area (Å²) in [6, 6.07) is 12.6. The molecule has 0 aliphatic heterocycles. The quantitative estimate of drug-likeness (QED) is 0.698. The number of hydrogen-bond donors (Lipinski definition) is 2.